The molecule has 0 aromatic heterocycles. The van der Waals surface area contributed by atoms with E-state index in [-0.39, 0.29) is 5.91 Å². The number of rotatable bonds is 13. The maximum Gasteiger partial charge on any atom is 0.251 e. The van der Waals surface area contributed by atoms with Gasteiger partial charge in [0.25, 0.3) is 5.91 Å². The van der Waals surface area contributed by atoms with Crippen LogP contribution >= 0.6 is 0 Å². The molecule has 1 rings (SSSR count). The number of carbonyl (C=O) groups excluding carboxylic acids is 1. The first kappa shape index (κ1) is 19.7. The predicted molar refractivity (Wildman–Crippen MR) is 98.5 cm³/mol. The lowest BCUT2D eigenvalue weighted by molar-refractivity contribution is 0.0952. The monoisotopic (exact) mass is 318 g/mol. The molecule has 1 atom stereocenters. The molecular formula is C20H34N2O. The number of unbranched alkanes of at least 4 members (excludes halogenated alkanes) is 5. The van der Waals surface area contributed by atoms with Gasteiger partial charge in [-0.2, -0.15) is 0 Å². The van der Waals surface area contributed by atoms with Crippen LogP contribution in [-0.4, -0.2) is 19.0 Å². The lowest BCUT2D eigenvalue weighted by atomic mass is 9.96. The fourth-order valence-electron chi connectivity index (χ4n) is 2.88. The Kier molecular flexibility index (Phi) is 11.2. The van der Waals surface area contributed by atoms with Gasteiger partial charge in [-0.25, -0.2) is 0 Å². The summed E-state index contributed by atoms with van der Waals surface area (Å²) >= 11 is 0. The van der Waals surface area contributed by atoms with Gasteiger partial charge >= 0.3 is 0 Å². The minimum atomic E-state index is 0.0193. The van der Waals surface area contributed by atoms with Crippen molar-refractivity contribution in [1.82, 2.24) is 5.32 Å². The second kappa shape index (κ2) is 13.1. The van der Waals surface area contributed by atoms with Gasteiger partial charge in [0.1, 0.15) is 0 Å². The summed E-state index contributed by atoms with van der Waals surface area (Å²) in [6.07, 6.45) is 11.4. The summed E-state index contributed by atoms with van der Waals surface area (Å²) in [7, 11) is 0. The van der Waals surface area contributed by atoms with E-state index < -0.39 is 0 Å². The Morgan fingerprint density at radius 3 is 2.35 bits per heavy atom. The Balaban J connectivity index is 2.07. The van der Waals surface area contributed by atoms with Crippen LogP contribution in [0.5, 0.6) is 0 Å². The molecule has 1 unspecified atom stereocenters. The summed E-state index contributed by atoms with van der Waals surface area (Å²) in [6.45, 7) is 3.75. The van der Waals surface area contributed by atoms with Crippen LogP contribution in [0, 0.1) is 5.92 Å². The minimum absolute atomic E-state index is 0.0193. The van der Waals surface area contributed by atoms with Crippen molar-refractivity contribution in [3.63, 3.8) is 0 Å². The van der Waals surface area contributed by atoms with Gasteiger partial charge < -0.3 is 11.1 Å². The molecule has 0 fully saturated rings. The van der Waals surface area contributed by atoms with Crippen LogP contribution in [0.2, 0.25) is 0 Å². The second-order valence-corrected chi connectivity index (χ2v) is 6.42. The lowest BCUT2D eigenvalue weighted by Gasteiger charge is -2.14. The third kappa shape index (κ3) is 9.39. The molecule has 1 amide bonds. The summed E-state index contributed by atoms with van der Waals surface area (Å²) in [5.74, 6) is 0.626. The Morgan fingerprint density at radius 2 is 1.65 bits per heavy atom. The molecule has 3 nitrogen and oxygen atoms in total. The van der Waals surface area contributed by atoms with Crippen molar-refractivity contribution in [2.45, 2.75) is 64.7 Å². The molecule has 0 heterocycles. The molecule has 23 heavy (non-hydrogen) atoms. The maximum absolute atomic E-state index is 11.9. The molecule has 0 saturated carbocycles. The first-order chi connectivity index (χ1) is 11.3. The van der Waals surface area contributed by atoms with Crippen LogP contribution < -0.4 is 11.1 Å². The number of hydrogen-bond donors (Lipinski definition) is 2. The van der Waals surface area contributed by atoms with Crippen molar-refractivity contribution in [2.75, 3.05) is 13.1 Å². The summed E-state index contributed by atoms with van der Waals surface area (Å²) < 4.78 is 0. The van der Waals surface area contributed by atoms with Gasteiger partial charge in [0.15, 0.2) is 0 Å². The van der Waals surface area contributed by atoms with Crippen LogP contribution in [0.25, 0.3) is 0 Å². The van der Waals surface area contributed by atoms with Crippen molar-refractivity contribution < 1.29 is 4.79 Å². The number of benzene rings is 1. The molecule has 0 aliphatic carbocycles. The summed E-state index contributed by atoms with van der Waals surface area (Å²) in [5.41, 5.74) is 6.61. The minimum Gasteiger partial charge on any atom is -0.352 e. The number of nitrogens with one attached hydrogen (secondary N) is 1. The Hall–Kier alpha value is -1.35. The highest BCUT2D eigenvalue weighted by atomic mass is 16.1. The third-order valence-electron chi connectivity index (χ3n) is 4.41. The normalized spacial score (nSPS) is 12.1. The topological polar surface area (TPSA) is 55.1 Å². The Bertz CT molecular complexity index is 405. The summed E-state index contributed by atoms with van der Waals surface area (Å²) in [5, 5.41) is 2.99. The zero-order valence-electron chi connectivity index (χ0n) is 14.7. The van der Waals surface area contributed by atoms with Gasteiger partial charge in [0.2, 0.25) is 0 Å². The highest BCUT2D eigenvalue weighted by Gasteiger charge is 2.07. The molecule has 1 aromatic carbocycles. The molecular weight excluding hydrogens is 284 g/mol. The molecule has 1 aromatic rings. The zero-order chi connectivity index (χ0) is 16.8. The smallest absolute Gasteiger partial charge is 0.251 e. The second-order valence-electron chi connectivity index (χ2n) is 6.42. The van der Waals surface area contributed by atoms with E-state index in [2.05, 4.69) is 12.2 Å². The van der Waals surface area contributed by atoms with Crippen molar-refractivity contribution in [1.29, 1.82) is 0 Å². The van der Waals surface area contributed by atoms with E-state index in [0.717, 1.165) is 31.5 Å². The van der Waals surface area contributed by atoms with Crippen molar-refractivity contribution in [3.05, 3.63) is 35.9 Å². The Morgan fingerprint density at radius 1 is 1.00 bits per heavy atom. The molecule has 0 radical (unpaired) electrons. The van der Waals surface area contributed by atoms with E-state index in [1.165, 1.54) is 44.9 Å². The molecule has 0 bridgehead atoms. The number of carbonyl (C=O) groups is 1. The molecule has 130 valence electrons. The number of hydrogen-bond acceptors (Lipinski definition) is 2. The number of nitrogens with two attached hydrogens (primary N) is 1. The van der Waals surface area contributed by atoms with E-state index in [1.807, 2.05) is 30.3 Å². The molecule has 3 heteroatoms. The lowest BCUT2D eigenvalue weighted by Crippen LogP contribution is -2.25. The van der Waals surface area contributed by atoms with Gasteiger partial charge in [0, 0.05) is 12.1 Å². The van der Waals surface area contributed by atoms with Crippen molar-refractivity contribution in [3.8, 4) is 0 Å². The van der Waals surface area contributed by atoms with Crippen LogP contribution in [0.15, 0.2) is 30.3 Å². The van der Waals surface area contributed by atoms with E-state index in [9.17, 15) is 4.79 Å². The molecule has 3 N–H and O–H groups in total. The van der Waals surface area contributed by atoms with Gasteiger partial charge in [0.05, 0.1) is 0 Å². The van der Waals surface area contributed by atoms with Gasteiger partial charge in [-0.3, -0.25) is 4.79 Å². The molecule has 0 saturated heterocycles. The maximum atomic E-state index is 11.9. The van der Waals surface area contributed by atoms with Crippen molar-refractivity contribution in [2.24, 2.45) is 11.7 Å². The van der Waals surface area contributed by atoms with E-state index >= 15 is 0 Å². The summed E-state index contributed by atoms with van der Waals surface area (Å²) in [6, 6.07) is 9.39. The first-order valence-corrected chi connectivity index (χ1v) is 9.31. The van der Waals surface area contributed by atoms with Crippen molar-refractivity contribution >= 4 is 5.91 Å². The third-order valence-corrected chi connectivity index (χ3v) is 4.41. The standard InChI is InChI=1S/C20H34N2O/c1-2-3-4-5-6-8-12-18(17-21)13-11-16-22-20(23)19-14-9-7-10-15-19/h7,9-10,14-15,18H,2-6,8,11-13,16-17,21H2,1H3,(H,22,23). The highest BCUT2D eigenvalue weighted by Crippen LogP contribution is 2.15. The zero-order valence-corrected chi connectivity index (χ0v) is 14.7. The van der Waals surface area contributed by atoms with E-state index in [0.29, 0.717) is 5.92 Å². The fraction of sp³-hybridized carbons (Fsp3) is 0.650. The predicted octanol–water partition coefficient (Wildman–Crippen LogP) is 4.52. The van der Waals surface area contributed by atoms with Gasteiger partial charge in [-0.05, 0) is 43.9 Å². The largest absolute Gasteiger partial charge is 0.352 e. The highest BCUT2D eigenvalue weighted by molar-refractivity contribution is 5.94. The average Bonchev–Trinajstić information content (AvgIpc) is 2.60. The quantitative estimate of drug-likeness (QED) is 0.525. The summed E-state index contributed by atoms with van der Waals surface area (Å²) in [4.78, 5) is 11.9. The fourth-order valence-corrected chi connectivity index (χ4v) is 2.88. The van der Waals surface area contributed by atoms with Gasteiger partial charge in [-0.15, -0.1) is 0 Å². The van der Waals surface area contributed by atoms with E-state index in [4.69, 9.17) is 5.73 Å². The number of amides is 1. The SMILES string of the molecule is CCCCCCCCC(CN)CCCNC(=O)c1ccccc1. The molecule has 0 aliphatic heterocycles. The van der Waals surface area contributed by atoms with Crippen LogP contribution in [-0.2, 0) is 0 Å². The van der Waals surface area contributed by atoms with Crippen LogP contribution in [0.1, 0.15) is 75.1 Å². The first-order valence-electron chi connectivity index (χ1n) is 9.31. The molecule has 0 spiro atoms. The van der Waals surface area contributed by atoms with Crippen LogP contribution in [0.4, 0.5) is 0 Å². The molecule has 0 aliphatic rings. The average molecular weight is 319 g/mol. The van der Waals surface area contributed by atoms with Gasteiger partial charge in [-0.1, -0.05) is 63.6 Å². The van der Waals surface area contributed by atoms with E-state index in [1.54, 1.807) is 0 Å². The Labute approximate surface area is 142 Å². The van der Waals surface area contributed by atoms with Crippen LogP contribution in [0.3, 0.4) is 0 Å².